The molecular formula is C17H26N2O3S. The van der Waals surface area contributed by atoms with Crippen LogP contribution in [0.4, 0.5) is 0 Å². The van der Waals surface area contributed by atoms with E-state index >= 15 is 0 Å². The highest BCUT2D eigenvalue weighted by Gasteiger charge is 2.34. The Morgan fingerprint density at radius 3 is 2.52 bits per heavy atom. The molecule has 2 fully saturated rings. The molecule has 5 nitrogen and oxygen atoms in total. The average Bonchev–Trinajstić information content (AvgIpc) is 3.11. The molecule has 2 aliphatic rings. The third-order valence-corrected chi connectivity index (χ3v) is 6.90. The van der Waals surface area contributed by atoms with E-state index in [1.807, 2.05) is 18.2 Å². The second-order valence-corrected chi connectivity index (χ2v) is 8.42. The van der Waals surface area contributed by atoms with Gasteiger partial charge in [0.15, 0.2) is 0 Å². The van der Waals surface area contributed by atoms with E-state index < -0.39 is 10.2 Å². The Kier molecular flexibility index (Phi) is 5.24. The van der Waals surface area contributed by atoms with Crippen LogP contribution in [-0.4, -0.2) is 50.3 Å². The summed E-state index contributed by atoms with van der Waals surface area (Å²) in [6.45, 7) is 2.63. The molecule has 0 N–H and O–H groups in total. The summed E-state index contributed by atoms with van der Waals surface area (Å²) in [6, 6.07) is 8.02. The Balaban J connectivity index is 1.68. The minimum atomic E-state index is -3.27. The molecule has 6 heteroatoms. The summed E-state index contributed by atoms with van der Waals surface area (Å²) in [4.78, 5) is 0. The third kappa shape index (κ3) is 3.70. The van der Waals surface area contributed by atoms with Crippen LogP contribution in [-0.2, 0) is 16.6 Å². The maximum atomic E-state index is 12.7. The molecule has 0 amide bonds. The summed E-state index contributed by atoms with van der Waals surface area (Å²) >= 11 is 0. The first-order valence-electron chi connectivity index (χ1n) is 8.48. The van der Waals surface area contributed by atoms with Crippen molar-refractivity contribution in [2.45, 2.75) is 32.1 Å². The number of hydrogen-bond acceptors (Lipinski definition) is 3. The maximum absolute atomic E-state index is 12.7. The van der Waals surface area contributed by atoms with Crippen LogP contribution in [0.3, 0.4) is 0 Å². The SMILES string of the molecule is COc1ccccc1C[C@H]1CCCN(S(=O)(=O)N2CCCC2)C1. The number of methoxy groups -OCH3 is 1. The molecule has 1 aromatic carbocycles. The summed E-state index contributed by atoms with van der Waals surface area (Å²) in [5.74, 6) is 1.25. The Bertz CT molecular complexity index is 626. The van der Waals surface area contributed by atoms with Gasteiger partial charge in [-0.05, 0) is 49.7 Å². The highest BCUT2D eigenvalue weighted by molar-refractivity contribution is 7.86. The molecule has 2 heterocycles. The molecule has 0 bridgehead atoms. The highest BCUT2D eigenvalue weighted by Crippen LogP contribution is 2.28. The van der Waals surface area contributed by atoms with E-state index in [1.54, 1.807) is 15.7 Å². The van der Waals surface area contributed by atoms with Crippen LogP contribution in [0.15, 0.2) is 24.3 Å². The van der Waals surface area contributed by atoms with Gasteiger partial charge in [-0.3, -0.25) is 0 Å². The fourth-order valence-corrected chi connectivity index (χ4v) is 5.47. The van der Waals surface area contributed by atoms with Gasteiger partial charge < -0.3 is 4.74 Å². The highest BCUT2D eigenvalue weighted by atomic mass is 32.2. The lowest BCUT2D eigenvalue weighted by atomic mass is 9.92. The Hall–Kier alpha value is -1.11. The monoisotopic (exact) mass is 338 g/mol. The van der Waals surface area contributed by atoms with Crippen molar-refractivity contribution in [1.82, 2.24) is 8.61 Å². The topological polar surface area (TPSA) is 49.9 Å². The first-order chi connectivity index (χ1) is 11.1. The number of piperidine rings is 1. The molecule has 0 unspecified atom stereocenters. The Labute approximate surface area is 139 Å². The van der Waals surface area contributed by atoms with Crippen LogP contribution in [0.2, 0.25) is 0 Å². The van der Waals surface area contributed by atoms with Gasteiger partial charge in [0, 0.05) is 26.2 Å². The first kappa shape index (κ1) is 16.7. The van der Waals surface area contributed by atoms with Gasteiger partial charge in [0.05, 0.1) is 7.11 Å². The van der Waals surface area contributed by atoms with Crippen LogP contribution in [0.1, 0.15) is 31.2 Å². The van der Waals surface area contributed by atoms with Crippen molar-refractivity contribution in [2.24, 2.45) is 5.92 Å². The summed E-state index contributed by atoms with van der Waals surface area (Å²) < 4.78 is 34.2. The van der Waals surface area contributed by atoms with E-state index in [0.717, 1.165) is 37.9 Å². The zero-order valence-electron chi connectivity index (χ0n) is 13.8. The van der Waals surface area contributed by atoms with Crippen molar-refractivity contribution in [1.29, 1.82) is 0 Å². The van der Waals surface area contributed by atoms with E-state index in [1.165, 1.54) is 5.56 Å². The van der Waals surface area contributed by atoms with E-state index in [2.05, 4.69) is 6.07 Å². The quantitative estimate of drug-likeness (QED) is 0.828. The van der Waals surface area contributed by atoms with Crippen molar-refractivity contribution >= 4 is 10.2 Å². The molecule has 1 atom stereocenters. The number of rotatable bonds is 5. The normalized spacial score (nSPS) is 24.0. The molecule has 2 aliphatic heterocycles. The average molecular weight is 338 g/mol. The first-order valence-corrected chi connectivity index (χ1v) is 9.88. The molecular weight excluding hydrogens is 312 g/mol. The second-order valence-electron chi connectivity index (χ2n) is 6.50. The molecule has 0 spiro atoms. The van der Waals surface area contributed by atoms with Gasteiger partial charge >= 0.3 is 0 Å². The Morgan fingerprint density at radius 2 is 1.78 bits per heavy atom. The van der Waals surface area contributed by atoms with Gasteiger partial charge in [-0.1, -0.05) is 18.2 Å². The van der Waals surface area contributed by atoms with Crippen LogP contribution >= 0.6 is 0 Å². The zero-order chi connectivity index (χ0) is 16.3. The number of ether oxygens (including phenoxy) is 1. The van der Waals surface area contributed by atoms with Crippen LogP contribution < -0.4 is 4.74 Å². The predicted octanol–water partition coefficient (Wildman–Crippen LogP) is 2.29. The summed E-state index contributed by atoms with van der Waals surface area (Å²) in [5.41, 5.74) is 1.17. The molecule has 3 rings (SSSR count). The number of nitrogens with zero attached hydrogens (tertiary/aromatic N) is 2. The minimum Gasteiger partial charge on any atom is -0.496 e. The zero-order valence-corrected chi connectivity index (χ0v) is 14.6. The molecule has 0 saturated carbocycles. The summed E-state index contributed by atoms with van der Waals surface area (Å²) in [5, 5.41) is 0. The number of para-hydroxylation sites is 1. The number of hydrogen-bond donors (Lipinski definition) is 0. The molecule has 0 aliphatic carbocycles. The maximum Gasteiger partial charge on any atom is 0.281 e. The number of benzene rings is 1. The van der Waals surface area contributed by atoms with Crippen molar-refractivity contribution in [2.75, 3.05) is 33.3 Å². The van der Waals surface area contributed by atoms with E-state index in [-0.39, 0.29) is 0 Å². The Morgan fingerprint density at radius 1 is 1.09 bits per heavy atom. The molecule has 23 heavy (non-hydrogen) atoms. The van der Waals surface area contributed by atoms with Crippen LogP contribution in [0.25, 0.3) is 0 Å². The lowest BCUT2D eigenvalue weighted by Crippen LogP contribution is -2.47. The van der Waals surface area contributed by atoms with Crippen molar-refractivity contribution in [3.8, 4) is 5.75 Å². The van der Waals surface area contributed by atoms with E-state index in [9.17, 15) is 8.42 Å². The van der Waals surface area contributed by atoms with Crippen molar-refractivity contribution in [3.63, 3.8) is 0 Å². The van der Waals surface area contributed by atoms with Gasteiger partial charge in [-0.2, -0.15) is 17.0 Å². The molecule has 0 aromatic heterocycles. The smallest absolute Gasteiger partial charge is 0.281 e. The van der Waals surface area contributed by atoms with Crippen LogP contribution in [0, 0.1) is 5.92 Å². The fourth-order valence-electron chi connectivity index (χ4n) is 3.67. The van der Waals surface area contributed by atoms with Gasteiger partial charge in [-0.25, -0.2) is 0 Å². The fraction of sp³-hybridized carbons (Fsp3) is 0.647. The van der Waals surface area contributed by atoms with E-state index in [4.69, 9.17) is 4.74 Å². The lowest BCUT2D eigenvalue weighted by molar-refractivity contribution is 0.249. The van der Waals surface area contributed by atoms with Crippen molar-refractivity contribution < 1.29 is 13.2 Å². The van der Waals surface area contributed by atoms with Gasteiger partial charge in [0.25, 0.3) is 10.2 Å². The standard InChI is InChI=1S/C17H26N2O3S/c1-22-17-9-3-2-8-16(17)13-15-7-6-12-19(14-15)23(20,21)18-10-4-5-11-18/h2-3,8-9,15H,4-7,10-14H2,1H3/t15-/m1/s1. The predicted molar refractivity (Wildman–Crippen MR) is 90.7 cm³/mol. The molecule has 0 radical (unpaired) electrons. The van der Waals surface area contributed by atoms with E-state index in [0.29, 0.717) is 32.1 Å². The van der Waals surface area contributed by atoms with Crippen LogP contribution in [0.5, 0.6) is 5.75 Å². The molecule has 128 valence electrons. The largest absolute Gasteiger partial charge is 0.496 e. The minimum absolute atomic E-state index is 0.359. The van der Waals surface area contributed by atoms with Gasteiger partial charge in [0.2, 0.25) is 0 Å². The van der Waals surface area contributed by atoms with Crippen molar-refractivity contribution in [3.05, 3.63) is 29.8 Å². The lowest BCUT2D eigenvalue weighted by Gasteiger charge is -2.34. The second kappa shape index (κ2) is 7.20. The summed E-state index contributed by atoms with van der Waals surface area (Å²) in [6.07, 6.45) is 4.85. The molecule has 2 saturated heterocycles. The third-order valence-electron chi connectivity index (χ3n) is 4.90. The van der Waals surface area contributed by atoms with Gasteiger partial charge in [-0.15, -0.1) is 0 Å². The van der Waals surface area contributed by atoms with Gasteiger partial charge in [0.1, 0.15) is 5.75 Å². The summed E-state index contributed by atoms with van der Waals surface area (Å²) in [7, 11) is -1.58. The molecule has 1 aromatic rings.